The molecule has 0 amide bonds. The zero-order valence-electron chi connectivity index (χ0n) is 30.1. The molecule has 252 valence electrons. The first kappa shape index (κ1) is 33.8. The summed E-state index contributed by atoms with van der Waals surface area (Å²) in [5, 5.41) is 2.94. The molecule has 2 aromatic heterocycles. The number of thiophene rings is 2. The minimum atomic E-state index is 0.0763. The van der Waals surface area contributed by atoms with Crippen molar-refractivity contribution in [2.45, 2.75) is 141 Å². The lowest BCUT2D eigenvalue weighted by atomic mass is 9.68. The lowest BCUT2D eigenvalue weighted by molar-refractivity contribution is 0.398. The highest BCUT2D eigenvalue weighted by Crippen LogP contribution is 2.58. The Balaban J connectivity index is 1.40. The monoisotopic (exact) mass is 672 g/mol. The van der Waals surface area contributed by atoms with E-state index in [-0.39, 0.29) is 10.8 Å². The summed E-state index contributed by atoms with van der Waals surface area (Å²) < 4.78 is 0. The van der Waals surface area contributed by atoms with Crippen LogP contribution in [-0.2, 0) is 10.8 Å². The molecule has 3 aromatic carbocycles. The predicted molar refractivity (Wildman–Crippen MR) is 214 cm³/mol. The van der Waals surface area contributed by atoms with E-state index in [1.807, 2.05) is 22.7 Å². The van der Waals surface area contributed by atoms with Gasteiger partial charge >= 0.3 is 0 Å². The van der Waals surface area contributed by atoms with E-state index in [9.17, 15) is 0 Å². The van der Waals surface area contributed by atoms with Gasteiger partial charge < -0.3 is 0 Å². The molecule has 0 radical (unpaired) electrons. The van der Waals surface area contributed by atoms with Gasteiger partial charge in [0, 0.05) is 24.9 Å². The van der Waals surface area contributed by atoms with Crippen molar-refractivity contribution >= 4 is 33.4 Å². The summed E-state index contributed by atoms with van der Waals surface area (Å²) in [7, 11) is 0. The fourth-order valence-corrected chi connectivity index (χ4v) is 11.3. The molecule has 1 saturated carbocycles. The van der Waals surface area contributed by atoms with Crippen LogP contribution in [0.2, 0.25) is 0 Å². The molecule has 0 unspecified atom stereocenters. The molecular weight excluding hydrogens is 617 g/mol. The van der Waals surface area contributed by atoms with Crippen molar-refractivity contribution in [3.8, 4) is 31.3 Å². The second-order valence-electron chi connectivity index (χ2n) is 15.7. The largest absolute Gasteiger partial charge is 0.140 e. The Morgan fingerprint density at radius 3 is 1.81 bits per heavy atom. The van der Waals surface area contributed by atoms with Gasteiger partial charge in [-0.2, -0.15) is 0 Å². The number of rotatable bonds is 5. The summed E-state index contributed by atoms with van der Waals surface area (Å²) in [6.07, 6.45) is 21.7. The van der Waals surface area contributed by atoms with Crippen LogP contribution in [0.5, 0.6) is 0 Å². The van der Waals surface area contributed by atoms with Gasteiger partial charge in [0.05, 0.1) is 0 Å². The van der Waals surface area contributed by atoms with Crippen LogP contribution >= 0.6 is 22.7 Å². The molecule has 1 fully saturated rings. The van der Waals surface area contributed by atoms with Crippen LogP contribution in [0.4, 0.5) is 0 Å². The van der Waals surface area contributed by atoms with E-state index >= 15 is 0 Å². The van der Waals surface area contributed by atoms with Gasteiger partial charge in [0.2, 0.25) is 0 Å². The highest BCUT2D eigenvalue weighted by molar-refractivity contribution is 7.23. The standard InChI is InChI=1S/C46H56S2/c1-5-28-45(3,4)38-32-40-44(36-21-17-16-20-35(36)38)37-24-23-34(41-26-27-43(48-41)42-25-22-33(2)47-42)31-39(37)46(40)29-18-14-12-10-8-6-7-9-11-13-15-19-30-46/h16-17,20-27,31-32H,5-15,18-19,28-30H2,1-4H3. The first-order valence-corrected chi connectivity index (χ1v) is 20.9. The van der Waals surface area contributed by atoms with Crippen LogP contribution in [0, 0.1) is 6.92 Å². The Morgan fingerprint density at radius 2 is 1.19 bits per heavy atom. The van der Waals surface area contributed by atoms with E-state index in [0.29, 0.717) is 0 Å². The van der Waals surface area contributed by atoms with Crippen LogP contribution < -0.4 is 0 Å². The first-order chi connectivity index (χ1) is 23.4. The maximum absolute atomic E-state index is 2.74. The third kappa shape index (κ3) is 6.61. The molecule has 2 aliphatic carbocycles. The van der Waals surface area contributed by atoms with Crippen LogP contribution in [-0.4, -0.2) is 0 Å². The predicted octanol–water partition coefficient (Wildman–Crippen LogP) is 15.4. The summed E-state index contributed by atoms with van der Waals surface area (Å²) in [6.45, 7) is 9.56. The van der Waals surface area contributed by atoms with E-state index in [0.717, 1.165) is 0 Å². The van der Waals surface area contributed by atoms with Gasteiger partial charge in [0.15, 0.2) is 0 Å². The number of fused-ring (bicyclic) bond motifs is 7. The number of aryl methyl sites for hydroxylation is 1. The van der Waals surface area contributed by atoms with Gasteiger partial charge in [0.1, 0.15) is 0 Å². The highest BCUT2D eigenvalue weighted by atomic mass is 32.1. The first-order valence-electron chi connectivity index (χ1n) is 19.3. The van der Waals surface area contributed by atoms with Crippen LogP contribution in [0.1, 0.15) is 145 Å². The molecule has 0 nitrogen and oxygen atoms in total. The van der Waals surface area contributed by atoms with Crippen molar-refractivity contribution in [3.05, 3.63) is 94.4 Å². The molecule has 48 heavy (non-hydrogen) atoms. The summed E-state index contributed by atoms with van der Waals surface area (Å²) in [5.41, 5.74) is 9.50. The van der Waals surface area contributed by atoms with Crippen molar-refractivity contribution in [2.24, 2.45) is 0 Å². The molecule has 0 aliphatic heterocycles. The van der Waals surface area contributed by atoms with Gasteiger partial charge in [-0.3, -0.25) is 0 Å². The zero-order valence-corrected chi connectivity index (χ0v) is 31.7. The molecular formula is C46H56S2. The lowest BCUT2D eigenvalue weighted by Gasteiger charge is -2.35. The fourth-order valence-electron chi connectivity index (χ4n) is 9.30. The summed E-state index contributed by atoms with van der Waals surface area (Å²) in [5.74, 6) is 0. The Morgan fingerprint density at radius 1 is 0.604 bits per heavy atom. The summed E-state index contributed by atoms with van der Waals surface area (Å²) in [6, 6.07) is 29.0. The van der Waals surface area contributed by atoms with Crippen molar-refractivity contribution in [2.75, 3.05) is 0 Å². The maximum atomic E-state index is 2.74. The Hall–Kier alpha value is -2.68. The summed E-state index contributed by atoms with van der Waals surface area (Å²) in [4.78, 5) is 5.57. The van der Waals surface area contributed by atoms with Crippen LogP contribution in [0.15, 0.2) is 72.8 Å². The molecule has 7 rings (SSSR count). The quantitative estimate of drug-likeness (QED) is 0.174. The molecule has 0 atom stereocenters. The molecule has 0 bridgehead atoms. The van der Waals surface area contributed by atoms with E-state index in [1.54, 1.807) is 22.3 Å². The Kier molecular flexibility index (Phi) is 10.3. The SMILES string of the molecule is CCCC(C)(C)c1cc2c(c3ccccc13)-c1ccc(-c3ccc(-c4ccc(C)s4)s3)cc1C21CCCCCCCCCCCCCC1. The Labute approximate surface area is 299 Å². The summed E-state index contributed by atoms with van der Waals surface area (Å²) >= 11 is 3.88. The topological polar surface area (TPSA) is 0 Å². The maximum Gasteiger partial charge on any atom is 0.0449 e. The minimum Gasteiger partial charge on any atom is -0.140 e. The average Bonchev–Trinajstić information content (AvgIpc) is 3.81. The molecule has 2 aliphatic rings. The van der Waals surface area contributed by atoms with Crippen LogP contribution in [0.25, 0.3) is 42.1 Å². The molecule has 1 spiro atoms. The Bertz CT molecular complexity index is 1830. The molecule has 0 saturated heterocycles. The normalized spacial score (nSPS) is 17.6. The van der Waals surface area contributed by atoms with Crippen molar-refractivity contribution < 1.29 is 0 Å². The van der Waals surface area contributed by atoms with Gasteiger partial charge in [-0.15, -0.1) is 22.7 Å². The third-order valence-electron chi connectivity index (χ3n) is 11.8. The second kappa shape index (κ2) is 14.7. The third-order valence-corrected chi connectivity index (χ3v) is 14.1. The van der Waals surface area contributed by atoms with Crippen molar-refractivity contribution in [1.82, 2.24) is 0 Å². The fraction of sp³-hybridized carbons (Fsp3) is 0.478. The molecule has 0 N–H and O–H groups in total. The smallest absolute Gasteiger partial charge is 0.0449 e. The van der Waals surface area contributed by atoms with Gasteiger partial charge in [-0.1, -0.05) is 147 Å². The molecule has 5 aromatic rings. The van der Waals surface area contributed by atoms with E-state index in [4.69, 9.17) is 0 Å². The lowest BCUT2D eigenvalue weighted by Crippen LogP contribution is -2.27. The van der Waals surface area contributed by atoms with Gasteiger partial charge in [-0.05, 0) is 106 Å². The second-order valence-corrected chi connectivity index (χ2v) is 18.1. The van der Waals surface area contributed by atoms with Crippen molar-refractivity contribution in [1.29, 1.82) is 0 Å². The zero-order chi connectivity index (χ0) is 33.1. The van der Waals surface area contributed by atoms with E-state index < -0.39 is 0 Å². The van der Waals surface area contributed by atoms with E-state index in [1.165, 1.54) is 144 Å². The number of hydrogen-bond donors (Lipinski definition) is 0. The van der Waals surface area contributed by atoms with Gasteiger partial charge in [-0.25, -0.2) is 0 Å². The minimum absolute atomic E-state index is 0.0763. The number of hydrogen-bond acceptors (Lipinski definition) is 2. The highest BCUT2D eigenvalue weighted by Gasteiger charge is 2.44. The average molecular weight is 673 g/mol. The number of benzene rings is 3. The molecule has 2 heteroatoms. The van der Waals surface area contributed by atoms with Crippen molar-refractivity contribution in [3.63, 3.8) is 0 Å². The van der Waals surface area contributed by atoms with Gasteiger partial charge in [0.25, 0.3) is 0 Å². The molecule has 2 heterocycles. The van der Waals surface area contributed by atoms with E-state index in [2.05, 4.69) is 100 Å². The van der Waals surface area contributed by atoms with Crippen LogP contribution in [0.3, 0.4) is 0 Å².